The molecule has 2 amide bonds. The van der Waals surface area contributed by atoms with E-state index in [9.17, 15) is 4.79 Å². The van der Waals surface area contributed by atoms with Crippen molar-refractivity contribution in [2.24, 2.45) is 5.92 Å². The van der Waals surface area contributed by atoms with Crippen molar-refractivity contribution >= 4 is 28.8 Å². The third-order valence-corrected chi connectivity index (χ3v) is 7.60. The van der Waals surface area contributed by atoms with Gasteiger partial charge in [-0.05, 0) is 89.7 Å². The smallest absolute Gasteiger partial charge is 0.320 e. The zero-order valence-electron chi connectivity index (χ0n) is 27.1. The first-order valence-electron chi connectivity index (χ1n) is 15.4. The van der Waals surface area contributed by atoms with Crippen LogP contribution in [0.4, 0.5) is 16.6 Å². The van der Waals surface area contributed by atoms with E-state index in [1.807, 2.05) is 43.7 Å². The molecule has 0 spiro atoms. The first-order valence-corrected chi connectivity index (χ1v) is 15.4. The minimum absolute atomic E-state index is 0.354. The molecule has 45 heavy (non-hydrogen) atoms. The standard InChI is InChI=1S/C32H44N10O3/c1-32(2,3)38-31(43)37-29-27(22-13-25(44-5)16-26(14-22)45-6)15-23-17-34-30(36-28(23)35-29)33-11-7-10-24-20-42(40-39-24)19-21-9-8-12-41(4)18-21/h13-17,20-21H,7-12,18-19H2,1-6H3,(H3,33,34,35,36,37,38,43). The fourth-order valence-corrected chi connectivity index (χ4v) is 5.51. The number of ether oxygens (including phenoxy) is 2. The van der Waals surface area contributed by atoms with Gasteiger partial charge in [0.15, 0.2) is 5.65 Å². The summed E-state index contributed by atoms with van der Waals surface area (Å²) in [6.07, 6.45) is 7.91. The van der Waals surface area contributed by atoms with Gasteiger partial charge >= 0.3 is 6.03 Å². The maximum absolute atomic E-state index is 12.9. The topological polar surface area (TPSA) is 144 Å². The molecule has 1 aliphatic heterocycles. The van der Waals surface area contributed by atoms with E-state index in [4.69, 9.17) is 14.5 Å². The van der Waals surface area contributed by atoms with E-state index in [0.29, 0.717) is 46.9 Å². The summed E-state index contributed by atoms with van der Waals surface area (Å²) in [6.45, 7) is 9.60. The van der Waals surface area contributed by atoms with E-state index < -0.39 is 5.54 Å². The molecule has 4 heterocycles. The molecule has 0 saturated carbocycles. The zero-order valence-corrected chi connectivity index (χ0v) is 27.1. The maximum atomic E-state index is 12.9. The Morgan fingerprint density at radius 1 is 1.09 bits per heavy atom. The van der Waals surface area contributed by atoms with Gasteiger partial charge in [0.25, 0.3) is 0 Å². The Hall–Kier alpha value is -4.52. The Labute approximate surface area is 264 Å². The van der Waals surface area contributed by atoms with Gasteiger partial charge in [0.1, 0.15) is 17.3 Å². The van der Waals surface area contributed by atoms with E-state index in [2.05, 4.69) is 54.4 Å². The largest absolute Gasteiger partial charge is 0.497 e. The van der Waals surface area contributed by atoms with E-state index in [1.54, 1.807) is 26.5 Å². The zero-order chi connectivity index (χ0) is 32.0. The van der Waals surface area contributed by atoms with Crippen LogP contribution >= 0.6 is 0 Å². The number of benzene rings is 1. The van der Waals surface area contributed by atoms with Crippen molar-refractivity contribution in [1.29, 1.82) is 0 Å². The molecule has 240 valence electrons. The number of hydrogen-bond acceptors (Lipinski definition) is 10. The number of urea groups is 1. The van der Waals surface area contributed by atoms with Crippen molar-refractivity contribution < 1.29 is 14.3 Å². The molecule has 1 aromatic carbocycles. The summed E-state index contributed by atoms with van der Waals surface area (Å²) in [4.78, 5) is 29.2. The van der Waals surface area contributed by atoms with Gasteiger partial charge in [-0.25, -0.2) is 14.8 Å². The van der Waals surface area contributed by atoms with Gasteiger partial charge in [0.2, 0.25) is 5.95 Å². The second kappa shape index (κ2) is 14.1. The minimum Gasteiger partial charge on any atom is -0.497 e. The molecule has 1 fully saturated rings. The molecule has 4 aromatic rings. The van der Waals surface area contributed by atoms with Gasteiger partial charge in [-0.3, -0.25) is 10.00 Å². The molecule has 0 radical (unpaired) electrons. The summed E-state index contributed by atoms with van der Waals surface area (Å²) in [6, 6.07) is 7.05. The van der Waals surface area contributed by atoms with Gasteiger partial charge in [-0.1, -0.05) is 5.21 Å². The van der Waals surface area contributed by atoms with Crippen LogP contribution in [-0.4, -0.2) is 87.3 Å². The molecule has 3 N–H and O–H groups in total. The summed E-state index contributed by atoms with van der Waals surface area (Å²) in [5, 5.41) is 18.6. The van der Waals surface area contributed by atoms with Crippen LogP contribution in [0.1, 0.15) is 45.7 Å². The number of nitrogens with zero attached hydrogens (tertiary/aromatic N) is 7. The van der Waals surface area contributed by atoms with Crippen molar-refractivity contribution in [3.63, 3.8) is 0 Å². The van der Waals surface area contributed by atoms with Gasteiger partial charge in [-0.15, -0.1) is 5.10 Å². The van der Waals surface area contributed by atoms with Crippen LogP contribution < -0.4 is 25.4 Å². The molecule has 5 rings (SSSR count). The molecule has 0 bridgehead atoms. The van der Waals surface area contributed by atoms with E-state index >= 15 is 0 Å². The van der Waals surface area contributed by atoms with Crippen LogP contribution in [0.15, 0.2) is 36.7 Å². The van der Waals surface area contributed by atoms with Crippen LogP contribution in [0.25, 0.3) is 22.2 Å². The molecule has 13 nitrogen and oxygen atoms in total. The van der Waals surface area contributed by atoms with Gasteiger partial charge in [-0.2, -0.15) is 4.98 Å². The highest BCUT2D eigenvalue weighted by atomic mass is 16.5. The van der Waals surface area contributed by atoms with Crippen molar-refractivity contribution in [2.75, 3.05) is 51.5 Å². The lowest BCUT2D eigenvalue weighted by molar-refractivity contribution is 0.190. The third-order valence-electron chi connectivity index (χ3n) is 7.60. The summed E-state index contributed by atoms with van der Waals surface area (Å²) in [5.74, 6) is 2.67. The van der Waals surface area contributed by atoms with Crippen LogP contribution in [0, 0.1) is 5.92 Å². The number of rotatable bonds is 11. The van der Waals surface area contributed by atoms with E-state index in [0.717, 1.165) is 42.6 Å². The molecule has 1 saturated heterocycles. The minimum atomic E-state index is -0.430. The summed E-state index contributed by atoms with van der Waals surface area (Å²) < 4.78 is 12.9. The van der Waals surface area contributed by atoms with Crippen molar-refractivity contribution in [2.45, 2.75) is 58.5 Å². The number of hydrogen-bond donors (Lipinski definition) is 3. The highest BCUT2D eigenvalue weighted by molar-refractivity contribution is 5.96. The normalized spacial score (nSPS) is 15.6. The number of pyridine rings is 1. The number of methoxy groups -OCH3 is 2. The van der Waals surface area contributed by atoms with Gasteiger partial charge in [0, 0.05) is 54.6 Å². The monoisotopic (exact) mass is 616 g/mol. The fourth-order valence-electron chi connectivity index (χ4n) is 5.51. The summed E-state index contributed by atoms with van der Waals surface area (Å²) in [5.41, 5.74) is 2.44. The second-order valence-electron chi connectivity index (χ2n) is 12.7. The summed E-state index contributed by atoms with van der Waals surface area (Å²) in [7, 11) is 5.37. The Morgan fingerprint density at radius 2 is 1.87 bits per heavy atom. The lowest BCUT2D eigenvalue weighted by Crippen LogP contribution is -2.43. The Balaban J connectivity index is 1.28. The molecule has 0 aliphatic carbocycles. The molecule has 3 aromatic heterocycles. The van der Waals surface area contributed by atoms with Crippen molar-refractivity contribution in [1.82, 2.24) is 40.2 Å². The highest BCUT2D eigenvalue weighted by Crippen LogP contribution is 2.35. The van der Waals surface area contributed by atoms with E-state index in [-0.39, 0.29) is 6.03 Å². The maximum Gasteiger partial charge on any atom is 0.320 e. The van der Waals surface area contributed by atoms with Crippen LogP contribution in [0.5, 0.6) is 11.5 Å². The highest BCUT2D eigenvalue weighted by Gasteiger charge is 2.20. The number of carbonyl (C=O) groups excluding carboxylic acids is 1. The van der Waals surface area contributed by atoms with Gasteiger partial charge in [0.05, 0.1) is 19.9 Å². The number of piperidine rings is 1. The number of fused-ring (bicyclic) bond motifs is 1. The average molecular weight is 617 g/mol. The van der Waals surface area contributed by atoms with E-state index in [1.165, 1.54) is 19.4 Å². The van der Waals surface area contributed by atoms with Crippen molar-refractivity contribution in [3.8, 4) is 22.6 Å². The lowest BCUT2D eigenvalue weighted by Gasteiger charge is -2.29. The third kappa shape index (κ3) is 8.78. The van der Waals surface area contributed by atoms with Gasteiger partial charge < -0.3 is 25.0 Å². The predicted octanol–water partition coefficient (Wildman–Crippen LogP) is 4.61. The molecular weight excluding hydrogens is 572 g/mol. The van der Waals surface area contributed by atoms with Crippen molar-refractivity contribution in [3.05, 3.63) is 42.4 Å². The van der Waals surface area contributed by atoms with Crippen LogP contribution in [0.3, 0.4) is 0 Å². The molecule has 13 heteroatoms. The number of aryl methyl sites for hydroxylation is 1. The number of aromatic nitrogens is 6. The first-order chi connectivity index (χ1) is 21.6. The number of likely N-dealkylation sites (tertiary alicyclic amines) is 1. The SMILES string of the molecule is COc1cc(OC)cc(-c2cc3cnc(NCCCc4cn(CC5CCCN(C)C5)nn4)nc3nc2NC(=O)NC(C)(C)C)c1. The van der Waals surface area contributed by atoms with Crippen LogP contribution in [0.2, 0.25) is 0 Å². The Kier molecular flexibility index (Phi) is 9.96. The summed E-state index contributed by atoms with van der Waals surface area (Å²) >= 11 is 0. The van der Waals surface area contributed by atoms with Crippen LogP contribution in [-0.2, 0) is 13.0 Å². The fraction of sp³-hybridized carbons (Fsp3) is 0.500. The Morgan fingerprint density at radius 3 is 2.58 bits per heavy atom. The molecular formula is C32H44N10O3. The number of amides is 2. The first kappa shape index (κ1) is 31.9. The number of anilines is 2. The molecule has 1 atom stereocenters. The average Bonchev–Trinajstić information content (AvgIpc) is 3.44. The second-order valence-corrected chi connectivity index (χ2v) is 12.7. The quantitative estimate of drug-likeness (QED) is 0.204. The number of carbonyl (C=O) groups is 1. The predicted molar refractivity (Wildman–Crippen MR) is 175 cm³/mol. The Bertz CT molecular complexity index is 1590. The lowest BCUT2D eigenvalue weighted by atomic mass is 9.99. The number of nitrogens with one attached hydrogen (secondary N) is 3. The molecule has 1 unspecified atom stereocenters. The molecule has 1 aliphatic rings.